The van der Waals surface area contributed by atoms with Crippen molar-refractivity contribution in [2.24, 2.45) is 11.8 Å². The number of hydrogen-bond donors (Lipinski definition) is 1. The number of carbonyl (C=O) groups is 2. The van der Waals surface area contributed by atoms with Gasteiger partial charge < -0.3 is 15.0 Å². The van der Waals surface area contributed by atoms with Gasteiger partial charge in [-0.2, -0.15) is 0 Å². The molecule has 3 heterocycles. The summed E-state index contributed by atoms with van der Waals surface area (Å²) in [5.74, 6) is -1.18. The maximum Gasteiger partial charge on any atom is 0.230 e. The molecule has 2 aromatic rings. The van der Waals surface area contributed by atoms with Crippen molar-refractivity contribution in [2.75, 3.05) is 6.54 Å². The number of benzene rings is 2. The van der Waals surface area contributed by atoms with Crippen molar-refractivity contribution >= 4 is 23.4 Å². The van der Waals surface area contributed by atoms with Gasteiger partial charge in [0.1, 0.15) is 5.60 Å². The highest BCUT2D eigenvalue weighted by molar-refractivity contribution is 6.31. The van der Waals surface area contributed by atoms with Crippen molar-refractivity contribution in [3.8, 4) is 0 Å². The molecule has 30 heavy (non-hydrogen) atoms. The third-order valence-electron chi connectivity index (χ3n) is 6.39. The van der Waals surface area contributed by atoms with Crippen LogP contribution < -0.4 is 5.32 Å². The van der Waals surface area contributed by atoms with E-state index in [0.29, 0.717) is 24.7 Å². The van der Waals surface area contributed by atoms with Gasteiger partial charge in [-0.05, 0) is 24.1 Å². The fourth-order valence-corrected chi connectivity index (χ4v) is 5.05. The molecule has 2 aromatic carbocycles. The molecule has 2 fully saturated rings. The fraction of sp³-hybridized carbons (Fsp3) is 0.333. The SMILES string of the molecule is Cc1ccc(CNC(=O)[C@@H]2[C@@H]3C=CC4(CN(Cc5ccccc5Cl)C(=O)[C@H]24)O3)cc1. The summed E-state index contributed by atoms with van der Waals surface area (Å²) in [6.45, 7) is 3.32. The van der Waals surface area contributed by atoms with Gasteiger partial charge in [0.2, 0.25) is 11.8 Å². The van der Waals surface area contributed by atoms with Crippen LogP contribution in [0.1, 0.15) is 16.7 Å². The maximum absolute atomic E-state index is 13.3. The number of halogens is 1. The van der Waals surface area contributed by atoms with Crippen LogP contribution in [0.5, 0.6) is 0 Å². The normalized spacial score (nSPS) is 28.8. The highest BCUT2D eigenvalue weighted by Crippen LogP contribution is 2.52. The van der Waals surface area contributed by atoms with Crippen molar-refractivity contribution < 1.29 is 14.3 Å². The average Bonchev–Trinajstić information content (AvgIpc) is 3.37. The Balaban J connectivity index is 1.32. The summed E-state index contributed by atoms with van der Waals surface area (Å²) in [4.78, 5) is 28.1. The summed E-state index contributed by atoms with van der Waals surface area (Å²) in [5.41, 5.74) is 2.38. The lowest BCUT2D eigenvalue weighted by Gasteiger charge is -2.23. The minimum Gasteiger partial charge on any atom is -0.360 e. The largest absolute Gasteiger partial charge is 0.360 e. The van der Waals surface area contributed by atoms with Gasteiger partial charge in [-0.15, -0.1) is 0 Å². The smallest absolute Gasteiger partial charge is 0.230 e. The summed E-state index contributed by atoms with van der Waals surface area (Å²) >= 11 is 6.29. The number of likely N-dealkylation sites (tertiary alicyclic amines) is 1. The molecule has 154 valence electrons. The van der Waals surface area contributed by atoms with Crippen molar-refractivity contribution in [3.63, 3.8) is 0 Å². The lowest BCUT2D eigenvalue weighted by atomic mass is 9.77. The van der Waals surface area contributed by atoms with Gasteiger partial charge in [-0.25, -0.2) is 0 Å². The van der Waals surface area contributed by atoms with Crippen molar-refractivity contribution in [2.45, 2.75) is 31.7 Å². The van der Waals surface area contributed by atoms with Gasteiger partial charge in [0.05, 0.1) is 24.5 Å². The number of aryl methyl sites for hydroxylation is 1. The molecule has 0 radical (unpaired) electrons. The summed E-state index contributed by atoms with van der Waals surface area (Å²) in [7, 11) is 0. The van der Waals surface area contributed by atoms with Gasteiger partial charge in [0.25, 0.3) is 0 Å². The van der Waals surface area contributed by atoms with Crippen LogP contribution in [0.15, 0.2) is 60.7 Å². The van der Waals surface area contributed by atoms with Crippen LogP contribution in [0, 0.1) is 18.8 Å². The number of rotatable bonds is 5. The molecular weight excluding hydrogens is 400 g/mol. The monoisotopic (exact) mass is 422 g/mol. The summed E-state index contributed by atoms with van der Waals surface area (Å²) in [5, 5.41) is 3.64. The van der Waals surface area contributed by atoms with Crippen LogP contribution in [0.2, 0.25) is 5.02 Å². The van der Waals surface area contributed by atoms with Gasteiger partial charge in [0.15, 0.2) is 0 Å². The molecule has 6 heteroatoms. The van der Waals surface area contributed by atoms with Crippen molar-refractivity contribution in [1.29, 1.82) is 0 Å². The average molecular weight is 423 g/mol. The second kappa shape index (κ2) is 7.25. The second-order valence-electron chi connectivity index (χ2n) is 8.39. The van der Waals surface area contributed by atoms with Crippen LogP contribution in [0.3, 0.4) is 0 Å². The van der Waals surface area contributed by atoms with E-state index in [2.05, 4.69) is 5.32 Å². The molecular formula is C24H23ClN2O3. The van der Waals surface area contributed by atoms with E-state index in [9.17, 15) is 9.59 Å². The van der Waals surface area contributed by atoms with Gasteiger partial charge in [-0.3, -0.25) is 9.59 Å². The Bertz CT molecular complexity index is 1040. The zero-order chi connectivity index (χ0) is 20.9. The third kappa shape index (κ3) is 3.13. The zero-order valence-corrected chi connectivity index (χ0v) is 17.4. The first-order valence-electron chi connectivity index (χ1n) is 10.2. The Morgan fingerprint density at radius 1 is 1.23 bits per heavy atom. The summed E-state index contributed by atoms with van der Waals surface area (Å²) in [6.07, 6.45) is 3.55. The van der Waals surface area contributed by atoms with Gasteiger partial charge in [-0.1, -0.05) is 71.8 Å². The fourth-order valence-electron chi connectivity index (χ4n) is 4.86. The molecule has 2 amide bonds. The topological polar surface area (TPSA) is 58.6 Å². The lowest BCUT2D eigenvalue weighted by molar-refractivity contribution is -0.137. The molecule has 1 spiro atoms. The van der Waals surface area contributed by atoms with Crippen LogP contribution in [0.25, 0.3) is 0 Å². The number of fused-ring (bicyclic) bond motifs is 1. The zero-order valence-electron chi connectivity index (χ0n) is 16.7. The second-order valence-corrected chi connectivity index (χ2v) is 8.80. The number of amides is 2. The first-order valence-corrected chi connectivity index (χ1v) is 10.6. The molecule has 3 aliphatic heterocycles. The molecule has 1 N–H and O–H groups in total. The number of hydrogen-bond acceptors (Lipinski definition) is 3. The first-order chi connectivity index (χ1) is 14.5. The minimum atomic E-state index is -0.713. The molecule has 4 atom stereocenters. The molecule has 5 nitrogen and oxygen atoms in total. The maximum atomic E-state index is 13.3. The Hall–Kier alpha value is -2.63. The predicted molar refractivity (Wildman–Crippen MR) is 114 cm³/mol. The standard InChI is InChI=1S/C24H23ClN2O3/c1-15-6-8-16(9-7-15)12-26-22(28)20-19-10-11-24(30-19)14-27(23(29)21(20)24)13-17-4-2-3-5-18(17)25/h2-11,19-21H,12-14H2,1H3,(H,26,28)/t19-,20+,21-,24?/m0/s1. The van der Waals surface area contributed by atoms with Gasteiger partial charge >= 0.3 is 0 Å². The molecule has 3 aliphatic rings. The van der Waals surface area contributed by atoms with Crippen molar-refractivity contribution in [1.82, 2.24) is 10.2 Å². The summed E-state index contributed by atoms with van der Waals surface area (Å²) in [6, 6.07) is 15.6. The molecule has 2 saturated heterocycles. The third-order valence-corrected chi connectivity index (χ3v) is 6.76. The highest BCUT2D eigenvalue weighted by atomic mass is 35.5. The molecule has 1 unspecified atom stereocenters. The Labute approximate surface area is 180 Å². The minimum absolute atomic E-state index is 0.0442. The number of carbonyl (C=O) groups excluding carboxylic acids is 2. The van der Waals surface area contributed by atoms with E-state index in [0.717, 1.165) is 11.1 Å². The lowest BCUT2D eigenvalue weighted by Crippen LogP contribution is -2.43. The van der Waals surface area contributed by atoms with E-state index in [-0.39, 0.29) is 17.9 Å². The Morgan fingerprint density at radius 2 is 2.00 bits per heavy atom. The van der Waals surface area contributed by atoms with Crippen LogP contribution in [0.4, 0.5) is 0 Å². The van der Waals surface area contributed by atoms with E-state index in [1.54, 1.807) is 4.90 Å². The number of nitrogens with zero attached hydrogens (tertiary/aromatic N) is 1. The van der Waals surface area contributed by atoms with E-state index in [1.165, 1.54) is 5.56 Å². The van der Waals surface area contributed by atoms with Crippen molar-refractivity contribution in [3.05, 3.63) is 82.4 Å². The van der Waals surface area contributed by atoms with Crippen LogP contribution >= 0.6 is 11.6 Å². The Morgan fingerprint density at radius 3 is 2.77 bits per heavy atom. The van der Waals surface area contributed by atoms with E-state index >= 15 is 0 Å². The summed E-state index contributed by atoms with van der Waals surface area (Å²) < 4.78 is 6.19. The molecule has 0 aromatic heterocycles. The van der Waals surface area contributed by atoms with Gasteiger partial charge in [0, 0.05) is 18.1 Å². The number of ether oxygens (including phenoxy) is 1. The quantitative estimate of drug-likeness (QED) is 0.752. The molecule has 2 bridgehead atoms. The van der Waals surface area contributed by atoms with Crippen LogP contribution in [-0.4, -0.2) is 35.0 Å². The van der Waals surface area contributed by atoms with Crippen LogP contribution in [-0.2, 0) is 27.4 Å². The molecule has 0 saturated carbocycles. The molecule has 0 aliphatic carbocycles. The van der Waals surface area contributed by atoms with E-state index in [4.69, 9.17) is 16.3 Å². The predicted octanol–water partition coefficient (Wildman–Crippen LogP) is 3.25. The Kier molecular flexibility index (Phi) is 4.68. The highest BCUT2D eigenvalue weighted by Gasteiger charge is 2.66. The van der Waals surface area contributed by atoms with E-state index < -0.39 is 17.4 Å². The first kappa shape index (κ1) is 19.3. The number of nitrogens with one attached hydrogen (secondary N) is 1. The van der Waals surface area contributed by atoms with E-state index in [1.807, 2.05) is 67.6 Å². The molecule has 5 rings (SSSR count).